The summed E-state index contributed by atoms with van der Waals surface area (Å²) in [7, 11) is 0. The third-order valence-corrected chi connectivity index (χ3v) is 6.50. The molecule has 3 aliphatic rings. The highest BCUT2D eigenvalue weighted by molar-refractivity contribution is 5.33. The van der Waals surface area contributed by atoms with Crippen LogP contribution in [0.3, 0.4) is 0 Å². The van der Waals surface area contributed by atoms with Gasteiger partial charge in [-0.3, -0.25) is 0 Å². The second-order valence-corrected chi connectivity index (χ2v) is 8.79. The average Bonchev–Trinajstić information content (AvgIpc) is 3.06. The zero-order valence-corrected chi connectivity index (χ0v) is 13.7. The lowest BCUT2D eigenvalue weighted by Crippen LogP contribution is -2.28. The number of hydrogen-bond acceptors (Lipinski definition) is 1. The van der Waals surface area contributed by atoms with Crippen molar-refractivity contribution in [2.45, 2.75) is 71.9 Å². The Bertz CT molecular complexity index is 556. The first-order chi connectivity index (χ1) is 9.93. The fraction of sp³-hybridized carbons (Fsp3) is 0.789. The van der Waals surface area contributed by atoms with Crippen LogP contribution in [-0.2, 0) is 13.0 Å². The minimum Gasteiger partial charge on any atom is -0.388 e. The Morgan fingerprint density at radius 1 is 1.29 bits per heavy atom. The van der Waals surface area contributed by atoms with Crippen LogP contribution in [0.4, 0.5) is 0 Å². The van der Waals surface area contributed by atoms with Crippen LogP contribution >= 0.6 is 0 Å². The van der Waals surface area contributed by atoms with Gasteiger partial charge >= 0.3 is 0 Å². The summed E-state index contributed by atoms with van der Waals surface area (Å²) in [6, 6.07) is 2.25. The van der Waals surface area contributed by atoms with Gasteiger partial charge in [-0.2, -0.15) is 0 Å². The number of rotatable bonds is 2. The normalized spacial score (nSPS) is 37.0. The third-order valence-electron chi connectivity index (χ3n) is 6.50. The molecule has 21 heavy (non-hydrogen) atoms. The predicted molar refractivity (Wildman–Crippen MR) is 85.2 cm³/mol. The maximum absolute atomic E-state index is 10.5. The van der Waals surface area contributed by atoms with Gasteiger partial charge in [0.1, 0.15) is 0 Å². The van der Waals surface area contributed by atoms with Gasteiger partial charge in [-0.05, 0) is 68.3 Å². The molecule has 3 aliphatic carbocycles. The highest BCUT2D eigenvalue weighted by Crippen LogP contribution is 2.50. The molecular formula is C19H29NO. The summed E-state index contributed by atoms with van der Waals surface area (Å²) >= 11 is 0. The molecule has 2 saturated carbocycles. The van der Waals surface area contributed by atoms with Crippen LogP contribution in [0.25, 0.3) is 0 Å². The highest BCUT2D eigenvalue weighted by Gasteiger charge is 2.40. The van der Waals surface area contributed by atoms with Crippen molar-refractivity contribution in [2.24, 2.45) is 23.2 Å². The van der Waals surface area contributed by atoms with E-state index in [0.29, 0.717) is 0 Å². The van der Waals surface area contributed by atoms with Gasteiger partial charge in [0.25, 0.3) is 0 Å². The standard InChI is InChI=1S/C19H29NO/c1-12-6-16-17(9-19(2,3)10-18(16)21)20(12)11-15-8-13-4-5-14(15)7-13/h6,13-15,18,21H,4-5,7-11H2,1-3H3. The lowest BCUT2D eigenvalue weighted by molar-refractivity contribution is 0.0974. The van der Waals surface area contributed by atoms with Crippen LogP contribution < -0.4 is 0 Å². The SMILES string of the molecule is Cc1cc2c(n1CC1CC3CCC1C3)CC(C)(C)CC2O. The largest absolute Gasteiger partial charge is 0.388 e. The minimum absolute atomic E-state index is 0.226. The number of aromatic nitrogens is 1. The summed E-state index contributed by atoms with van der Waals surface area (Å²) in [6.45, 7) is 8.02. The zero-order chi connectivity index (χ0) is 14.8. The van der Waals surface area contributed by atoms with E-state index in [0.717, 1.165) is 30.6 Å². The smallest absolute Gasteiger partial charge is 0.0812 e. The molecule has 0 saturated heterocycles. The van der Waals surface area contributed by atoms with Gasteiger partial charge in [-0.1, -0.05) is 20.3 Å². The van der Waals surface area contributed by atoms with Crippen LogP contribution in [0.15, 0.2) is 6.07 Å². The van der Waals surface area contributed by atoms with Crippen molar-refractivity contribution in [2.75, 3.05) is 0 Å². The van der Waals surface area contributed by atoms with E-state index in [-0.39, 0.29) is 11.5 Å². The molecule has 1 aromatic rings. The lowest BCUT2D eigenvalue weighted by Gasteiger charge is -2.34. The number of aliphatic hydroxyl groups is 1. The Morgan fingerprint density at radius 3 is 2.76 bits per heavy atom. The van der Waals surface area contributed by atoms with E-state index >= 15 is 0 Å². The molecule has 1 heterocycles. The van der Waals surface area contributed by atoms with E-state index in [2.05, 4.69) is 31.4 Å². The van der Waals surface area contributed by atoms with E-state index in [1.165, 1.54) is 49.2 Å². The molecule has 0 amide bonds. The van der Waals surface area contributed by atoms with Gasteiger partial charge in [0.05, 0.1) is 6.10 Å². The first kappa shape index (κ1) is 13.9. The Balaban J connectivity index is 1.64. The monoisotopic (exact) mass is 287 g/mol. The second kappa shape index (κ2) is 4.62. The summed E-state index contributed by atoms with van der Waals surface area (Å²) in [5, 5.41) is 10.5. The van der Waals surface area contributed by atoms with Crippen LogP contribution in [0, 0.1) is 30.1 Å². The van der Waals surface area contributed by atoms with Gasteiger partial charge in [0, 0.05) is 23.5 Å². The van der Waals surface area contributed by atoms with Gasteiger partial charge in [0.15, 0.2) is 0 Å². The molecular weight excluding hydrogens is 258 g/mol. The van der Waals surface area contributed by atoms with Gasteiger partial charge in [-0.25, -0.2) is 0 Å². The molecule has 116 valence electrons. The molecule has 0 aromatic carbocycles. The van der Waals surface area contributed by atoms with E-state index < -0.39 is 0 Å². The first-order valence-corrected chi connectivity index (χ1v) is 8.80. The Hall–Kier alpha value is -0.760. The van der Waals surface area contributed by atoms with E-state index in [9.17, 15) is 5.11 Å². The van der Waals surface area contributed by atoms with Crippen molar-refractivity contribution in [3.05, 3.63) is 23.0 Å². The van der Waals surface area contributed by atoms with E-state index in [4.69, 9.17) is 0 Å². The van der Waals surface area contributed by atoms with Crippen molar-refractivity contribution < 1.29 is 5.11 Å². The molecule has 2 nitrogen and oxygen atoms in total. The van der Waals surface area contributed by atoms with Crippen LogP contribution in [-0.4, -0.2) is 9.67 Å². The van der Waals surface area contributed by atoms with Crippen molar-refractivity contribution in [1.82, 2.24) is 4.57 Å². The van der Waals surface area contributed by atoms with Crippen LogP contribution in [0.2, 0.25) is 0 Å². The Morgan fingerprint density at radius 2 is 2.10 bits per heavy atom. The van der Waals surface area contributed by atoms with E-state index in [1.54, 1.807) is 0 Å². The summed E-state index contributed by atoms with van der Waals surface area (Å²) < 4.78 is 2.56. The number of aliphatic hydroxyl groups excluding tert-OH is 1. The molecule has 4 unspecified atom stereocenters. The minimum atomic E-state index is -0.260. The van der Waals surface area contributed by atoms with Crippen molar-refractivity contribution in [3.8, 4) is 0 Å². The molecule has 4 rings (SSSR count). The van der Waals surface area contributed by atoms with Crippen LogP contribution in [0.1, 0.15) is 69.0 Å². The van der Waals surface area contributed by atoms with Gasteiger partial charge < -0.3 is 9.67 Å². The van der Waals surface area contributed by atoms with E-state index in [1.807, 2.05) is 0 Å². The Kier molecular flexibility index (Phi) is 3.05. The topological polar surface area (TPSA) is 25.2 Å². The first-order valence-electron chi connectivity index (χ1n) is 8.80. The van der Waals surface area contributed by atoms with Crippen LogP contribution in [0.5, 0.6) is 0 Å². The fourth-order valence-corrected chi connectivity index (χ4v) is 5.49. The van der Waals surface area contributed by atoms with Crippen molar-refractivity contribution in [1.29, 1.82) is 0 Å². The zero-order valence-electron chi connectivity index (χ0n) is 13.7. The lowest BCUT2D eigenvalue weighted by atomic mass is 9.75. The fourth-order valence-electron chi connectivity index (χ4n) is 5.49. The number of aryl methyl sites for hydroxylation is 1. The molecule has 0 spiro atoms. The second-order valence-electron chi connectivity index (χ2n) is 8.79. The van der Waals surface area contributed by atoms with Gasteiger partial charge in [-0.15, -0.1) is 0 Å². The summed E-state index contributed by atoms with van der Waals surface area (Å²) in [5.41, 5.74) is 4.23. The summed E-state index contributed by atoms with van der Waals surface area (Å²) in [5.74, 6) is 2.89. The number of nitrogens with zero attached hydrogens (tertiary/aromatic N) is 1. The summed E-state index contributed by atoms with van der Waals surface area (Å²) in [6.07, 6.45) is 7.64. The Labute approximate surface area is 128 Å². The van der Waals surface area contributed by atoms with Crippen molar-refractivity contribution in [3.63, 3.8) is 0 Å². The molecule has 1 N–H and O–H groups in total. The third kappa shape index (κ3) is 2.27. The summed E-state index contributed by atoms with van der Waals surface area (Å²) in [4.78, 5) is 0. The number of hydrogen-bond donors (Lipinski definition) is 1. The highest BCUT2D eigenvalue weighted by atomic mass is 16.3. The maximum Gasteiger partial charge on any atom is 0.0812 e. The number of fused-ring (bicyclic) bond motifs is 3. The predicted octanol–water partition coefficient (Wildman–Crippen LogP) is 4.24. The quantitative estimate of drug-likeness (QED) is 0.865. The van der Waals surface area contributed by atoms with Gasteiger partial charge in [0.2, 0.25) is 0 Å². The molecule has 4 atom stereocenters. The molecule has 0 aliphatic heterocycles. The average molecular weight is 287 g/mol. The van der Waals surface area contributed by atoms with Crippen molar-refractivity contribution >= 4 is 0 Å². The molecule has 2 bridgehead atoms. The molecule has 2 fully saturated rings. The molecule has 2 heteroatoms. The molecule has 1 aromatic heterocycles. The molecule has 0 radical (unpaired) electrons. The maximum atomic E-state index is 10.5.